The van der Waals surface area contributed by atoms with Gasteiger partial charge in [-0.05, 0) is 36.6 Å². The van der Waals surface area contributed by atoms with Gasteiger partial charge >= 0.3 is 0 Å². The Morgan fingerprint density at radius 1 is 1.31 bits per heavy atom. The number of rotatable bonds is 9. The fourth-order valence-electron chi connectivity index (χ4n) is 3.41. The van der Waals surface area contributed by atoms with Crippen LogP contribution in [0, 0.1) is 0 Å². The van der Waals surface area contributed by atoms with Gasteiger partial charge < -0.3 is 16.0 Å². The molecular weight excluding hydrogens is 354 g/mol. The van der Waals surface area contributed by atoms with Crippen molar-refractivity contribution in [2.75, 3.05) is 31.1 Å². The van der Waals surface area contributed by atoms with Gasteiger partial charge in [0.25, 0.3) is 10.1 Å². The van der Waals surface area contributed by atoms with Crippen molar-refractivity contribution in [3.8, 4) is 0 Å². The molecule has 0 saturated carbocycles. The number of carbonyl (C=O) groups is 1. The van der Waals surface area contributed by atoms with Crippen molar-refractivity contribution < 1.29 is 17.8 Å². The third kappa shape index (κ3) is 5.18. The lowest BCUT2D eigenvalue weighted by atomic mass is 9.87. The van der Waals surface area contributed by atoms with Crippen LogP contribution in [-0.2, 0) is 20.3 Å². The molecule has 0 aromatic heterocycles. The Morgan fingerprint density at radius 3 is 2.69 bits per heavy atom. The molecule has 1 aliphatic rings. The highest BCUT2D eigenvalue weighted by Crippen LogP contribution is 2.41. The van der Waals surface area contributed by atoms with Crippen molar-refractivity contribution >= 4 is 21.7 Å². The summed E-state index contributed by atoms with van der Waals surface area (Å²) in [6.45, 7) is 6.77. The summed E-state index contributed by atoms with van der Waals surface area (Å²) in [6.07, 6.45) is 3.26. The Bertz CT molecular complexity index is 747. The molecule has 0 radical (unpaired) electrons. The summed E-state index contributed by atoms with van der Waals surface area (Å²) in [6, 6.07) is 4.80. The summed E-state index contributed by atoms with van der Waals surface area (Å²) in [7, 11) is -4.20. The van der Waals surface area contributed by atoms with E-state index in [1.54, 1.807) is 12.1 Å². The maximum atomic E-state index is 11.5. The summed E-state index contributed by atoms with van der Waals surface area (Å²) in [5.41, 5.74) is 7.12. The van der Waals surface area contributed by atoms with Gasteiger partial charge in [0, 0.05) is 43.7 Å². The second-order valence-electron chi connectivity index (χ2n) is 7.41. The molecule has 1 heterocycles. The summed E-state index contributed by atoms with van der Waals surface area (Å²) in [5.74, 6) is 0.0424. The van der Waals surface area contributed by atoms with E-state index in [-0.39, 0.29) is 16.2 Å². The Morgan fingerprint density at radius 2 is 2.04 bits per heavy atom. The third-order valence-corrected chi connectivity index (χ3v) is 5.57. The van der Waals surface area contributed by atoms with Crippen molar-refractivity contribution in [1.82, 2.24) is 5.32 Å². The van der Waals surface area contributed by atoms with Crippen LogP contribution in [0.3, 0.4) is 0 Å². The van der Waals surface area contributed by atoms with Gasteiger partial charge in [0.1, 0.15) is 0 Å². The number of benzene rings is 1. The number of hydrogen-bond donors (Lipinski definition) is 3. The maximum Gasteiger partial charge on any atom is 0.294 e. The monoisotopic (exact) mass is 383 g/mol. The van der Waals surface area contributed by atoms with Gasteiger partial charge in [-0.2, -0.15) is 8.42 Å². The van der Waals surface area contributed by atoms with Gasteiger partial charge in [0.15, 0.2) is 0 Å². The number of hydrogen-bond acceptors (Lipinski definition) is 5. The Hall–Kier alpha value is -1.64. The molecule has 0 unspecified atom stereocenters. The van der Waals surface area contributed by atoms with Crippen LogP contribution in [0.15, 0.2) is 23.1 Å². The van der Waals surface area contributed by atoms with Crippen LogP contribution in [0.1, 0.15) is 45.1 Å². The zero-order chi connectivity index (χ0) is 19.4. The lowest BCUT2D eigenvalue weighted by molar-refractivity contribution is -0.121. The number of nitrogens with two attached hydrogens (primary N) is 1. The summed E-state index contributed by atoms with van der Waals surface area (Å²) < 4.78 is 32.1. The van der Waals surface area contributed by atoms with E-state index < -0.39 is 10.1 Å². The smallest absolute Gasteiger partial charge is 0.294 e. The van der Waals surface area contributed by atoms with E-state index in [9.17, 15) is 17.8 Å². The molecular formula is C18H29N3O4S. The molecule has 2 rings (SSSR count). The first-order valence-electron chi connectivity index (χ1n) is 8.99. The van der Waals surface area contributed by atoms with E-state index in [1.165, 1.54) is 6.07 Å². The van der Waals surface area contributed by atoms with Crippen LogP contribution in [0.4, 0.5) is 5.69 Å². The van der Waals surface area contributed by atoms with Crippen molar-refractivity contribution in [3.05, 3.63) is 23.8 Å². The predicted molar refractivity (Wildman–Crippen MR) is 102 cm³/mol. The number of fused-ring (bicyclic) bond motifs is 1. The molecule has 7 nitrogen and oxygen atoms in total. The second kappa shape index (κ2) is 8.37. The largest absolute Gasteiger partial charge is 0.370 e. The standard InChI is InChI=1S/C18H29N3O4S/c1-18(2)13-21(11-5-3-4-6-17(22)20-10-9-19)16-8-7-14(12-15(16)18)26(23,24)25/h7-8,12H,3-6,9-11,13,19H2,1-2H3,(H,20,22)(H,23,24,25). The van der Waals surface area contributed by atoms with Crippen LogP contribution >= 0.6 is 0 Å². The Labute approximate surface area is 155 Å². The van der Waals surface area contributed by atoms with E-state index in [2.05, 4.69) is 24.1 Å². The SMILES string of the molecule is CC1(C)CN(CCCCCC(=O)NCCN)c2ccc(S(=O)(=O)O)cc21. The summed E-state index contributed by atoms with van der Waals surface area (Å²) >= 11 is 0. The average molecular weight is 384 g/mol. The number of carbonyl (C=O) groups excluding carboxylic acids is 1. The zero-order valence-corrected chi connectivity index (χ0v) is 16.3. The van der Waals surface area contributed by atoms with Crippen molar-refractivity contribution in [1.29, 1.82) is 0 Å². The van der Waals surface area contributed by atoms with Crippen LogP contribution in [0.2, 0.25) is 0 Å². The van der Waals surface area contributed by atoms with Gasteiger partial charge in [-0.1, -0.05) is 20.3 Å². The molecule has 0 saturated heterocycles. The molecule has 0 atom stereocenters. The first-order chi connectivity index (χ1) is 12.1. The molecule has 0 bridgehead atoms. The van der Waals surface area contributed by atoms with E-state index in [1.807, 2.05) is 0 Å². The number of nitrogens with zero attached hydrogens (tertiary/aromatic N) is 1. The molecule has 1 aromatic rings. The molecule has 0 aliphatic carbocycles. The topological polar surface area (TPSA) is 113 Å². The van der Waals surface area contributed by atoms with Gasteiger partial charge in [0.05, 0.1) is 4.90 Å². The van der Waals surface area contributed by atoms with E-state index >= 15 is 0 Å². The van der Waals surface area contributed by atoms with Crippen molar-refractivity contribution in [3.63, 3.8) is 0 Å². The van der Waals surface area contributed by atoms with E-state index in [4.69, 9.17) is 5.73 Å². The molecule has 0 fully saturated rings. The molecule has 4 N–H and O–H groups in total. The van der Waals surface area contributed by atoms with Gasteiger partial charge in [-0.15, -0.1) is 0 Å². The van der Waals surface area contributed by atoms with Crippen LogP contribution in [0.25, 0.3) is 0 Å². The van der Waals surface area contributed by atoms with Crippen LogP contribution in [-0.4, -0.2) is 45.1 Å². The van der Waals surface area contributed by atoms with Crippen molar-refractivity contribution in [2.24, 2.45) is 5.73 Å². The number of amides is 1. The van der Waals surface area contributed by atoms with Crippen molar-refractivity contribution in [2.45, 2.75) is 49.8 Å². The van der Waals surface area contributed by atoms with Gasteiger partial charge in [0.2, 0.25) is 5.91 Å². The number of anilines is 1. The molecule has 26 heavy (non-hydrogen) atoms. The Kier molecular flexibility index (Phi) is 6.65. The molecule has 1 amide bonds. The van der Waals surface area contributed by atoms with Crippen LogP contribution < -0.4 is 16.0 Å². The first-order valence-corrected chi connectivity index (χ1v) is 10.4. The molecule has 8 heteroatoms. The minimum Gasteiger partial charge on any atom is -0.370 e. The minimum absolute atomic E-state index is 0.0424. The second-order valence-corrected chi connectivity index (χ2v) is 8.83. The molecule has 1 aromatic carbocycles. The van der Waals surface area contributed by atoms with Gasteiger partial charge in [-0.25, -0.2) is 0 Å². The minimum atomic E-state index is -4.20. The zero-order valence-electron chi connectivity index (χ0n) is 15.5. The first kappa shape index (κ1) is 20.7. The normalized spacial score (nSPS) is 15.8. The third-order valence-electron chi connectivity index (χ3n) is 4.72. The number of unbranched alkanes of at least 4 members (excludes halogenated alkanes) is 2. The summed E-state index contributed by atoms with van der Waals surface area (Å²) in [5, 5.41) is 2.76. The maximum absolute atomic E-state index is 11.5. The molecule has 0 spiro atoms. The van der Waals surface area contributed by atoms with Crippen LogP contribution in [0.5, 0.6) is 0 Å². The van der Waals surface area contributed by atoms with Gasteiger partial charge in [-0.3, -0.25) is 9.35 Å². The average Bonchev–Trinajstić information content (AvgIpc) is 2.82. The fraction of sp³-hybridized carbons (Fsp3) is 0.611. The molecule has 146 valence electrons. The quantitative estimate of drug-likeness (QED) is 0.442. The van der Waals surface area contributed by atoms with E-state index in [0.717, 1.165) is 43.6 Å². The lowest BCUT2D eigenvalue weighted by Gasteiger charge is -2.22. The lowest BCUT2D eigenvalue weighted by Crippen LogP contribution is -2.29. The fourth-order valence-corrected chi connectivity index (χ4v) is 3.91. The highest BCUT2D eigenvalue weighted by atomic mass is 32.2. The number of nitrogens with one attached hydrogen (secondary N) is 1. The predicted octanol–water partition coefficient (Wildman–Crippen LogP) is 1.67. The molecule has 1 aliphatic heterocycles. The Balaban J connectivity index is 1.90. The summed E-state index contributed by atoms with van der Waals surface area (Å²) in [4.78, 5) is 13.7. The van der Waals surface area contributed by atoms with E-state index in [0.29, 0.717) is 19.5 Å². The highest BCUT2D eigenvalue weighted by Gasteiger charge is 2.35. The highest BCUT2D eigenvalue weighted by molar-refractivity contribution is 7.85.